The summed E-state index contributed by atoms with van der Waals surface area (Å²) in [5.74, 6) is 1.94. The van der Waals surface area contributed by atoms with E-state index in [1.807, 2.05) is 72.8 Å². The fraction of sp³-hybridized carbons (Fsp3) is 0. The van der Waals surface area contributed by atoms with Gasteiger partial charge in [-0.1, -0.05) is 109 Å². The van der Waals surface area contributed by atoms with E-state index >= 15 is 0 Å². The quantitative estimate of drug-likeness (QED) is 0.207. The van der Waals surface area contributed by atoms with Crippen molar-refractivity contribution in [1.29, 1.82) is 0 Å². The zero-order valence-electron chi connectivity index (χ0n) is 23.4. The number of benzene rings is 6. The zero-order valence-corrected chi connectivity index (χ0v) is 24.3. The number of fused-ring (bicyclic) bond motifs is 6. The third kappa shape index (κ3) is 4.02. The van der Waals surface area contributed by atoms with E-state index < -0.39 is 0 Å². The van der Waals surface area contributed by atoms with Crippen molar-refractivity contribution in [3.63, 3.8) is 0 Å². The van der Waals surface area contributed by atoms with Crippen molar-refractivity contribution in [3.05, 3.63) is 140 Å². The van der Waals surface area contributed by atoms with Crippen LogP contribution < -0.4 is 0 Å². The second-order valence-corrected chi connectivity index (χ2v) is 11.9. The fourth-order valence-corrected chi connectivity index (χ4v) is 7.22. The molecule has 4 nitrogen and oxygen atoms in total. The zero-order chi connectivity index (χ0) is 29.0. The summed E-state index contributed by atoms with van der Waals surface area (Å²) in [6.07, 6.45) is 0. The maximum absolute atomic E-state index is 6.17. The van der Waals surface area contributed by atoms with Crippen LogP contribution in [0.25, 0.3) is 87.4 Å². The van der Waals surface area contributed by atoms with Crippen molar-refractivity contribution < 1.29 is 4.42 Å². The standard InChI is InChI=1S/C39H23N3OS/c1-3-11-24(12-4-1)37-40-38(25-13-5-2-6-14-25)42-39(41-37)36-27(20-22-34-35(36)29-16-8-10-18-33(29)44-34)26-19-21-32-30(23-26)28-15-7-9-17-31(28)43-32/h1-23H. The molecule has 0 fully saturated rings. The highest BCUT2D eigenvalue weighted by Gasteiger charge is 2.21. The van der Waals surface area contributed by atoms with Gasteiger partial charge in [0.05, 0.1) is 0 Å². The SMILES string of the molecule is c1ccc(-c2nc(-c3ccccc3)nc(-c3c(-c4ccc5oc6ccccc6c5c4)ccc4sc5ccccc5c34)n2)cc1. The van der Waals surface area contributed by atoms with Gasteiger partial charge in [0.25, 0.3) is 0 Å². The molecule has 0 N–H and O–H groups in total. The minimum absolute atomic E-state index is 0.647. The first-order valence-electron chi connectivity index (χ1n) is 14.5. The van der Waals surface area contributed by atoms with E-state index in [-0.39, 0.29) is 0 Å². The maximum atomic E-state index is 6.17. The maximum Gasteiger partial charge on any atom is 0.165 e. The molecule has 3 heterocycles. The fourth-order valence-electron chi connectivity index (χ4n) is 6.10. The van der Waals surface area contributed by atoms with Gasteiger partial charge in [-0.2, -0.15) is 0 Å². The smallest absolute Gasteiger partial charge is 0.165 e. The van der Waals surface area contributed by atoms with Crippen LogP contribution in [0.1, 0.15) is 0 Å². The van der Waals surface area contributed by atoms with E-state index in [0.717, 1.165) is 55.1 Å². The minimum Gasteiger partial charge on any atom is -0.456 e. The molecule has 0 atom stereocenters. The number of thiophene rings is 1. The molecule has 0 saturated heterocycles. The lowest BCUT2D eigenvalue weighted by Gasteiger charge is -2.14. The largest absolute Gasteiger partial charge is 0.456 e. The average molecular weight is 582 g/mol. The first kappa shape index (κ1) is 24.9. The van der Waals surface area contributed by atoms with Crippen molar-refractivity contribution >= 4 is 53.4 Å². The molecule has 3 aromatic heterocycles. The van der Waals surface area contributed by atoms with E-state index in [0.29, 0.717) is 17.5 Å². The summed E-state index contributed by atoms with van der Waals surface area (Å²) in [6.45, 7) is 0. The van der Waals surface area contributed by atoms with Crippen molar-refractivity contribution in [2.24, 2.45) is 0 Å². The first-order chi connectivity index (χ1) is 21.8. The molecule has 0 unspecified atom stereocenters. The van der Waals surface area contributed by atoms with Crippen molar-refractivity contribution in [2.45, 2.75) is 0 Å². The predicted molar refractivity (Wildman–Crippen MR) is 182 cm³/mol. The Hall–Kier alpha value is -5.65. The van der Waals surface area contributed by atoms with Crippen LogP contribution in [0.15, 0.2) is 144 Å². The number of furan rings is 1. The van der Waals surface area contributed by atoms with E-state index in [1.165, 1.54) is 14.8 Å². The summed E-state index contributed by atoms with van der Waals surface area (Å²) >= 11 is 1.80. The number of aromatic nitrogens is 3. The van der Waals surface area contributed by atoms with E-state index in [9.17, 15) is 0 Å². The van der Waals surface area contributed by atoms with Crippen LogP contribution in [0.5, 0.6) is 0 Å². The Balaban J connectivity index is 1.39. The highest BCUT2D eigenvalue weighted by atomic mass is 32.1. The van der Waals surface area contributed by atoms with Gasteiger partial charge in [-0.25, -0.2) is 15.0 Å². The molecule has 0 aliphatic carbocycles. The molecule has 6 aromatic carbocycles. The van der Waals surface area contributed by atoms with E-state index in [2.05, 4.69) is 66.7 Å². The summed E-state index contributed by atoms with van der Waals surface area (Å²) in [5.41, 5.74) is 6.81. The van der Waals surface area contributed by atoms with Gasteiger partial charge in [0, 0.05) is 47.6 Å². The van der Waals surface area contributed by atoms with Gasteiger partial charge in [0.2, 0.25) is 0 Å². The van der Waals surface area contributed by atoms with Gasteiger partial charge < -0.3 is 4.42 Å². The molecule has 206 valence electrons. The molecular formula is C39H23N3OS. The number of hydrogen-bond donors (Lipinski definition) is 0. The lowest BCUT2D eigenvalue weighted by atomic mass is 9.93. The minimum atomic E-state index is 0.647. The Morgan fingerprint density at radius 1 is 0.432 bits per heavy atom. The topological polar surface area (TPSA) is 51.8 Å². The number of hydrogen-bond acceptors (Lipinski definition) is 5. The monoisotopic (exact) mass is 581 g/mol. The van der Waals surface area contributed by atoms with Gasteiger partial charge in [-0.05, 0) is 41.5 Å². The Morgan fingerprint density at radius 3 is 1.80 bits per heavy atom. The lowest BCUT2D eigenvalue weighted by Crippen LogP contribution is -2.01. The second-order valence-electron chi connectivity index (χ2n) is 10.8. The molecule has 44 heavy (non-hydrogen) atoms. The van der Waals surface area contributed by atoms with Gasteiger partial charge in [0.1, 0.15) is 11.2 Å². The van der Waals surface area contributed by atoms with Gasteiger partial charge >= 0.3 is 0 Å². The summed E-state index contributed by atoms with van der Waals surface area (Å²) in [6, 6.07) is 48.0. The molecule has 9 rings (SSSR count). The Morgan fingerprint density at radius 2 is 1.05 bits per heavy atom. The summed E-state index contributed by atoms with van der Waals surface area (Å²) in [4.78, 5) is 15.3. The highest BCUT2D eigenvalue weighted by Crippen LogP contribution is 2.45. The molecular weight excluding hydrogens is 559 g/mol. The number of para-hydroxylation sites is 1. The third-order valence-electron chi connectivity index (χ3n) is 8.15. The van der Waals surface area contributed by atoms with Crippen LogP contribution in [-0.2, 0) is 0 Å². The van der Waals surface area contributed by atoms with Crippen molar-refractivity contribution in [3.8, 4) is 45.3 Å². The molecule has 9 aromatic rings. The lowest BCUT2D eigenvalue weighted by molar-refractivity contribution is 0.669. The van der Waals surface area contributed by atoms with Crippen molar-refractivity contribution in [1.82, 2.24) is 15.0 Å². The van der Waals surface area contributed by atoms with E-state index in [1.54, 1.807) is 11.3 Å². The van der Waals surface area contributed by atoms with Crippen LogP contribution in [0.3, 0.4) is 0 Å². The molecule has 0 bridgehead atoms. The summed E-state index contributed by atoms with van der Waals surface area (Å²) < 4.78 is 8.60. The van der Waals surface area contributed by atoms with Crippen molar-refractivity contribution in [2.75, 3.05) is 0 Å². The van der Waals surface area contributed by atoms with Crippen LogP contribution in [0.2, 0.25) is 0 Å². The molecule has 5 heteroatoms. The molecule has 0 saturated carbocycles. The Labute approximate surface area is 256 Å². The number of rotatable bonds is 4. The highest BCUT2D eigenvalue weighted by molar-refractivity contribution is 7.26. The molecule has 0 aliphatic rings. The van der Waals surface area contributed by atoms with Gasteiger partial charge in [0.15, 0.2) is 17.5 Å². The van der Waals surface area contributed by atoms with Crippen LogP contribution >= 0.6 is 11.3 Å². The number of nitrogens with zero attached hydrogens (tertiary/aromatic N) is 3. The Bertz CT molecular complexity index is 2440. The van der Waals surface area contributed by atoms with Crippen LogP contribution in [0.4, 0.5) is 0 Å². The molecule has 0 spiro atoms. The molecule has 0 radical (unpaired) electrons. The normalized spacial score (nSPS) is 11.6. The average Bonchev–Trinajstić information content (AvgIpc) is 3.66. The first-order valence-corrected chi connectivity index (χ1v) is 15.3. The van der Waals surface area contributed by atoms with E-state index in [4.69, 9.17) is 19.4 Å². The van der Waals surface area contributed by atoms with Crippen LogP contribution in [0, 0.1) is 0 Å². The molecule has 0 amide bonds. The second kappa shape index (κ2) is 9.97. The summed E-state index contributed by atoms with van der Waals surface area (Å²) in [5, 5.41) is 4.54. The summed E-state index contributed by atoms with van der Waals surface area (Å²) in [7, 11) is 0. The van der Waals surface area contributed by atoms with Gasteiger partial charge in [-0.15, -0.1) is 11.3 Å². The van der Waals surface area contributed by atoms with Gasteiger partial charge in [-0.3, -0.25) is 0 Å². The third-order valence-corrected chi connectivity index (χ3v) is 9.29. The Kier molecular flexibility index (Phi) is 5.64. The predicted octanol–water partition coefficient (Wildman–Crippen LogP) is 10.8. The van der Waals surface area contributed by atoms with Crippen LogP contribution in [-0.4, -0.2) is 15.0 Å². The molecule has 0 aliphatic heterocycles.